The summed E-state index contributed by atoms with van der Waals surface area (Å²) in [7, 11) is 0. The number of carboxylic acid groups (broad SMARTS) is 1. The summed E-state index contributed by atoms with van der Waals surface area (Å²) in [5.74, 6) is -11.3. The minimum absolute atomic E-state index is 0.0172. The monoisotopic (exact) mass is 1160 g/mol. The van der Waals surface area contributed by atoms with E-state index >= 15 is 0 Å². The first-order valence-corrected chi connectivity index (χ1v) is 26.5. The Hall–Kier alpha value is -8.62. The van der Waals surface area contributed by atoms with Crippen LogP contribution in [0.15, 0.2) is 38.6 Å². The fourth-order valence-corrected chi connectivity index (χ4v) is 8.22. The molecule has 0 unspecified atom stereocenters. The van der Waals surface area contributed by atoms with Gasteiger partial charge in [0, 0.05) is 19.0 Å². The van der Waals surface area contributed by atoms with Crippen LogP contribution in [0.25, 0.3) is 22.3 Å². The lowest BCUT2D eigenvalue weighted by Crippen LogP contribution is -2.60. The molecule has 1 aliphatic heterocycles. The SMILES string of the molecule is C[C@H](N)C(=O)N[C@@H](CCC(N)=O)C(=O)N[C@@H](CC(=O)O)C(=O)N[C@@H](CCCCN)C(=O)N[C@@H](C)C(=O)N[C@@H](CCCCn1c2cc(=O)ccc-2cc2c(=O)[nH]c(=O)[nH]c21)C(=O)N[C@@H](CO)C(=O)N[C@@H](CCCCN)C(=O)N[C@@H](C)C(N)=O. The molecule has 0 saturated heterocycles. The van der Waals surface area contributed by atoms with E-state index < -0.39 is 150 Å². The van der Waals surface area contributed by atoms with E-state index in [2.05, 4.69) is 52.5 Å². The number of nitrogens with one attached hydrogen (secondary N) is 10. The van der Waals surface area contributed by atoms with Crippen LogP contribution in [0.4, 0.5) is 0 Å². The van der Waals surface area contributed by atoms with Gasteiger partial charge < -0.3 is 86.0 Å². The number of nitrogens with zero attached hydrogens (tertiary/aromatic N) is 1. The average molecular weight is 1160 g/mol. The Labute approximate surface area is 468 Å². The number of nitrogens with two attached hydrogens (primary N) is 5. The molecule has 3 rings (SSSR count). The number of benzene rings is 1. The number of aromatic nitrogens is 3. The Morgan fingerprint density at radius 1 is 0.561 bits per heavy atom. The molecule has 1 aliphatic carbocycles. The molecule has 0 saturated carbocycles. The van der Waals surface area contributed by atoms with Crippen molar-refractivity contribution in [2.45, 2.75) is 159 Å². The number of pyridine rings is 1. The minimum atomic E-state index is -1.88. The first-order valence-electron chi connectivity index (χ1n) is 26.5. The molecule has 0 aromatic carbocycles. The van der Waals surface area contributed by atoms with Crippen LogP contribution < -0.4 is 87.9 Å². The highest BCUT2D eigenvalue weighted by Crippen LogP contribution is 2.25. The molecule has 1 aromatic rings. The molecule has 10 amide bonds. The molecule has 0 fully saturated rings. The zero-order chi connectivity index (χ0) is 61.4. The summed E-state index contributed by atoms with van der Waals surface area (Å²) < 4.78 is 1.53. The van der Waals surface area contributed by atoms with Crippen LogP contribution in [-0.2, 0) is 59.3 Å². The van der Waals surface area contributed by atoms with Crippen LogP contribution >= 0.6 is 0 Å². The number of hydrogen-bond acceptors (Lipinski definition) is 18. The van der Waals surface area contributed by atoms with Crippen molar-refractivity contribution in [3.05, 3.63) is 55.3 Å². The van der Waals surface area contributed by atoms with Crippen molar-refractivity contribution < 1.29 is 63.0 Å². The number of fused-ring (bicyclic) bond motifs is 2. The molecule has 32 heteroatoms. The fraction of sp³-hybridized carbons (Fsp3) is 0.560. The molecule has 0 radical (unpaired) electrons. The third-order valence-electron chi connectivity index (χ3n) is 12.8. The number of amides is 10. The molecule has 452 valence electrons. The predicted molar refractivity (Wildman–Crippen MR) is 293 cm³/mol. The van der Waals surface area contributed by atoms with Gasteiger partial charge in [0.1, 0.15) is 54.0 Å². The Bertz CT molecular complexity index is 2920. The van der Waals surface area contributed by atoms with Crippen LogP contribution in [0, 0.1) is 0 Å². The Morgan fingerprint density at radius 3 is 1.54 bits per heavy atom. The lowest BCUT2D eigenvalue weighted by molar-refractivity contribution is -0.141. The van der Waals surface area contributed by atoms with Crippen molar-refractivity contribution in [3.63, 3.8) is 0 Å². The average Bonchev–Trinajstić information content (AvgIpc) is 3.46. The van der Waals surface area contributed by atoms with Gasteiger partial charge in [0.15, 0.2) is 5.43 Å². The highest BCUT2D eigenvalue weighted by atomic mass is 16.4. The number of primary amides is 2. The summed E-state index contributed by atoms with van der Waals surface area (Å²) in [6.07, 6.45) is -0.651. The minimum Gasteiger partial charge on any atom is -0.481 e. The largest absolute Gasteiger partial charge is 0.481 e. The second-order valence-corrected chi connectivity index (χ2v) is 19.6. The highest BCUT2D eigenvalue weighted by molar-refractivity contribution is 5.99. The van der Waals surface area contributed by atoms with Gasteiger partial charge >= 0.3 is 11.7 Å². The molecule has 1 aromatic heterocycles. The van der Waals surface area contributed by atoms with E-state index in [0.717, 1.165) is 0 Å². The maximum atomic E-state index is 14.2. The first kappa shape index (κ1) is 67.7. The van der Waals surface area contributed by atoms with Gasteiger partial charge in [-0.3, -0.25) is 72.3 Å². The summed E-state index contributed by atoms with van der Waals surface area (Å²) >= 11 is 0. The molecular weight excluding hydrogens is 1080 g/mol. The standard InChI is InChI=1S/C50H76N16O16/c1-24(53)41(73)58-33(15-16-37(54)69)47(79)62-34(22-38(70)71)48(80)60-31(11-5-8-18-52)45(77)57-26(3)42(74)59-32(46(78)63-35(23-67)49(81)61-30(10-4-7-17-51)44(76)56-25(2)39(55)72)12-6-9-19-66-36-21-28(68)14-13-27(36)20-29-40(66)64-50(82)65-43(29)75/h13-14,20-21,24-26,30-35,67H,4-12,15-19,22-23,51-53H2,1-3H3,(H2,54,69)(H2,55,72)(H,56,76)(H,57,77)(H,58,73)(H,59,74)(H,60,80)(H,61,81)(H,62,79)(H,63,78)(H,70,71)(H2,64,65,75,82)/t24-,25-,26-,30-,31-,32-,33-,34-,35-/m0/s1. The molecular formula is C50H76N16O16. The number of H-pyrrole nitrogens is 2. The molecule has 82 heavy (non-hydrogen) atoms. The van der Waals surface area contributed by atoms with Gasteiger partial charge in [-0.05, 0) is 122 Å². The van der Waals surface area contributed by atoms with E-state index in [1.807, 2.05) is 0 Å². The Morgan fingerprint density at radius 2 is 1.02 bits per heavy atom. The van der Waals surface area contributed by atoms with Gasteiger partial charge in [-0.25, -0.2) is 4.79 Å². The van der Waals surface area contributed by atoms with Crippen LogP contribution in [0.5, 0.6) is 0 Å². The van der Waals surface area contributed by atoms with E-state index in [9.17, 15) is 77.3 Å². The summed E-state index contributed by atoms with van der Waals surface area (Å²) in [5, 5.41) is 39.2. The van der Waals surface area contributed by atoms with E-state index in [1.165, 1.54) is 49.6 Å². The first-order chi connectivity index (χ1) is 38.7. The number of hydrogen-bond donors (Lipinski definition) is 17. The zero-order valence-corrected chi connectivity index (χ0v) is 45.8. The van der Waals surface area contributed by atoms with Crippen LogP contribution in [-0.4, -0.2) is 164 Å². The molecule has 2 aliphatic rings. The predicted octanol–water partition coefficient (Wildman–Crippen LogP) is -6.61. The third-order valence-corrected chi connectivity index (χ3v) is 12.8. The van der Waals surface area contributed by atoms with Gasteiger partial charge in [0.25, 0.3) is 5.56 Å². The number of rotatable bonds is 36. The number of carbonyl (C=O) groups excluding carboxylic acids is 10. The zero-order valence-electron chi connectivity index (χ0n) is 45.8. The molecule has 9 atom stereocenters. The van der Waals surface area contributed by atoms with Gasteiger partial charge in [-0.1, -0.05) is 0 Å². The molecule has 0 bridgehead atoms. The molecule has 22 N–H and O–H groups in total. The second-order valence-electron chi connectivity index (χ2n) is 19.6. The van der Waals surface area contributed by atoms with Crippen LogP contribution in [0.1, 0.15) is 97.8 Å². The fourth-order valence-electron chi connectivity index (χ4n) is 8.22. The summed E-state index contributed by atoms with van der Waals surface area (Å²) in [6, 6.07) is -7.72. The van der Waals surface area contributed by atoms with E-state index in [1.54, 1.807) is 0 Å². The van der Waals surface area contributed by atoms with Crippen molar-refractivity contribution in [2.24, 2.45) is 28.7 Å². The smallest absolute Gasteiger partial charge is 0.327 e. The Kier molecular flexibility index (Phi) is 27.4. The number of aromatic amines is 2. The topological polar surface area (TPSA) is 542 Å². The van der Waals surface area contributed by atoms with Crippen molar-refractivity contribution in [1.29, 1.82) is 0 Å². The van der Waals surface area contributed by atoms with E-state index in [4.69, 9.17) is 28.7 Å². The summed E-state index contributed by atoms with van der Waals surface area (Å²) in [5.41, 5.74) is 26.4. The molecule has 32 nitrogen and oxygen atoms in total. The van der Waals surface area contributed by atoms with Crippen molar-refractivity contribution in [3.8, 4) is 11.3 Å². The van der Waals surface area contributed by atoms with Gasteiger partial charge in [-0.2, -0.15) is 0 Å². The molecule has 2 heterocycles. The number of carbonyl (C=O) groups is 11. The van der Waals surface area contributed by atoms with Crippen molar-refractivity contribution >= 4 is 76.1 Å². The quantitative estimate of drug-likeness (QED) is 0.0190. The number of unbranched alkanes of at least 4 members (excludes halogenated alkanes) is 3. The normalized spacial score (nSPS) is 14.5. The van der Waals surface area contributed by atoms with Crippen molar-refractivity contribution in [1.82, 2.24) is 57.1 Å². The molecule has 0 spiro atoms. The lowest BCUT2D eigenvalue weighted by Gasteiger charge is -2.27. The maximum absolute atomic E-state index is 14.2. The number of aliphatic hydroxyl groups excluding tert-OH is 1. The number of aliphatic carboxylic acids is 1. The number of carboxylic acids is 1. The highest BCUT2D eigenvalue weighted by Gasteiger charge is 2.34. The van der Waals surface area contributed by atoms with Gasteiger partial charge in [0.05, 0.1) is 30.1 Å². The number of aliphatic hydroxyl groups is 1. The Balaban J connectivity index is 1.94. The van der Waals surface area contributed by atoms with Crippen LogP contribution in [0.2, 0.25) is 0 Å². The summed E-state index contributed by atoms with van der Waals surface area (Å²) in [6.45, 7) is 3.22. The van der Waals surface area contributed by atoms with Crippen molar-refractivity contribution in [2.75, 3.05) is 19.7 Å². The van der Waals surface area contributed by atoms with Gasteiger partial charge in [-0.15, -0.1) is 0 Å². The van der Waals surface area contributed by atoms with Crippen LogP contribution in [0.3, 0.4) is 0 Å². The lowest BCUT2D eigenvalue weighted by atomic mass is 10.0. The summed E-state index contributed by atoms with van der Waals surface area (Å²) in [4.78, 5) is 186. The van der Waals surface area contributed by atoms with E-state index in [0.29, 0.717) is 30.5 Å². The number of aryl methyl sites for hydroxylation is 1. The third kappa shape index (κ3) is 21.5. The van der Waals surface area contributed by atoms with Gasteiger partial charge in [0.2, 0.25) is 59.1 Å². The second kappa shape index (κ2) is 33.2. The van der Waals surface area contributed by atoms with E-state index in [-0.39, 0.29) is 81.0 Å². The maximum Gasteiger partial charge on any atom is 0.327 e.